The van der Waals surface area contributed by atoms with Crippen molar-refractivity contribution >= 4 is 5.82 Å². The highest BCUT2D eigenvalue weighted by atomic mass is 15.2. The molecule has 80 valence electrons. The van der Waals surface area contributed by atoms with Gasteiger partial charge in [-0.3, -0.25) is 0 Å². The van der Waals surface area contributed by atoms with Crippen LogP contribution in [0.3, 0.4) is 0 Å². The highest BCUT2D eigenvalue weighted by Gasteiger charge is 2.17. The molecule has 0 bridgehead atoms. The average Bonchev–Trinajstić information content (AvgIpc) is 2.42. The maximum absolute atomic E-state index is 6.03. The lowest BCUT2D eigenvalue weighted by atomic mass is 10.1. The van der Waals surface area contributed by atoms with Crippen molar-refractivity contribution in [3.8, 4) is 0 Å². The van der Waals surface area contributed by atoms with E-state index >= 15 is 0 Å². The van der Waals surface area contributed by atoms with Crippen LogP contribution in [0.15, 0.2) is 6.33 Å². The summed E-state index contributed by atoms with van der Waals surface area (Å²) in [6, 6.07) is 0. The Morgan fingerprint density at radius 1 is 1.43 bits per heavy atom. The molecule has 0 spiro atoms. The van der Waals surface area contributed by atoms with Gasteiger partial charge in [0.1, 0.15) is 5.82 Å². The minimum atomic E-state index is 0.0293. The fourth-order valence-electron chi connectivity index (χ4n) is 1.47. The zero-order valence-corrected chi connectivity index (χ0v) is 9.67. The van der Waals surface area contributed by atoms with Crippen LogP contribution in [0.25, 0.3) is 0 Å². The number of rotatable bonds is 3. The van der Waals surface area contributed by atoms with Crippen LogP contribution in [-0.4, -0.2) is 9.55 Å². The molecule has 0 aliphatic heterocycles. The normalized spacial score (nSPS) is 12.0. The second-order valence-electron chi connectivity index (χ2n) is 4.72. The van der Waals surface area contributed by atoms with Gasteiger partial charge in [0.15, 0.2) is 0 Å². The monoisotopic (exact) mass is 195 g/mol. The number of nitrogens with zero attached hydrogens (tertiary/aromatic N) is 2. The molecule has 3 nitrogen and oxygen atoms in total. The van der Waals surface area contributed by atoms with Crippen molar-refractivity contribution in [3.63, 3.8) is 0 Å². The highest BCUT2D eigenvalue weighted by Crippen LogP contribution is 2.21. The van der Waals surface area contributed by atoms with Gasteiger partial charge in [0, 0.05) is 5.54 Å². The molecular formula is C11H21N3. The van der Waals surface area contributed by atoms with Crippen LogP contribution in [0.5, 0.6) is 0 Å². The summed E-state index contributed by atoms with van der Waals surface area (Å²) in [5.74, 6) is 0.825. The van der Waals surface area contributed by atoms with E-state index in [9.17, 15) is 0 Å². The van der Waals surface area contributed by atoms with Crippen molar-refractivity contribution in [2.24, 2.45) is 0 Å². The standard InChI is InChI=1S/C11H21N3/c1-5-6-7-9-10(12)14(8-13-9)11(2,3)4/h8H,5-7,12H2,1-4H3. The van der Waals surface area contributed by atoms with Gasteiger partial charge >= 0.3 is 0 Å². The summed E-state index contributed by atoms with van der Waals surface area (Å²) in [4.78, 5) is 4.36. The molecule has 0 radical (unpaired) electrons. The van der Waals surface area contributed by atoms with Crippen LogP contribution in [0.2, 0.25) is 0 Å². The van der Waals surface area contributed by atoms with Gasteiger partial charge < -0.3 is 10.3 Å². The van der Waals surface area contributed by atoms with E-state index in [1.807, 2.05) is 10.9 Å². The third-order valence-corrected chi connectivity index (χ3v) is 2.37. The highest BCUT2D eigenvalue weighted by molar-refractivity contribution is 5.37. The van der Waals surface area contributed by atoms with Crippen molar-refractivity contribution in [1.82, 2.24) is 9.55 Å². The number of anilines is 1. The zero-order valence-electron chi connectivity index (χ0n) is 9.67. The number of hydrogen-bond acceptors (Lipinski definition) is 2. The molecule has 1 aromatic rings. The second kappa shape index (κ2) is 4.03. The summed E-state index contributed by atoms with van der Waals surface area (Å²) >= 11 is 0. The minimum absolute atomic E-state index is 0.0293. The lowest BCUT2D eigenvalue weighted by molar-refractivity contribution is 0.402. The van der Waals surface area contributed by atoms with Crippen LogP contribution in [0.1, 0.15) is 46.2 Å². The van der Waals surface area contributed by atoms with Crippen molar-refractivity contribution < 1.29 is 0 Å². The molecule has 0 aromatic carbocycles. The third-order valence-electron chi connectivity index (χ3n) is 2.37. The summed E-state index contributed by atoms with van der Waals surface area (Å²) in [5, 5.41) is 0. The lowest BCUT2D eigenvalue weighted by Gasteiger charge is -2.22. The maximum Gasteiger partial charge on any atom is 0.127 e. The Morgan fingerprint density at radius 2 is 2.07 bits per heavy atom. The molecule has 0 atom stereocenters. The molecule has 0 unspecified atom stereocenters. The minimum Gasteiger partial charge on any atom is -0.384 e. The molecule has 0 amide bonds. The Kier molecular flexibility index (Phi) is 3.19. The Morgan fingerprint density at radius 3 is 2.50 bits per heavy atom. The van der Waals surface area contributed by atoms with Gasteiger partial charge in [-0.25, -0.2) is 4.98 Å². The van der Waals surface area contributed by atoms with Crippen LogP contribution in [0, 0.1) is 0 Å². The molecule has 0 aliphatic rings. The quantitative estimate of drug-likeness (QED) is 0.805. The number of unbranched alkanes of at least 4 members (excludes halogenated alkanes) is 1. The van der Waals surface area contributed by atoms with Crippen molar-refractivity contribution in [2.45, 2.75) is 52.5 Å². The van der Waals surface area contributed by atoms with Crippen LogP contribution in [0.4, 0.5) is 5.82 Å². The van der Waals surface area contributed by atoms with E-state index < -0.39 is 0 Å². The molecule has 1 rings (SSSR count). The average molecular weight is 195 g/mol. The van der Waals surface area contributed by atoms with Gasteiger partial charge in [-0.1, -0.05) is 13.3 Å². The molecule has 0 fully saturated rings. The number of aromatic nitrogens is 2. The van der Waals surface area contributed by atoms with E-state index in [1.54, 1.807) is 0 Å². The molecule has 0 saturated heterocycles. The summed E-state index contributed by atoms with van der Waals surface area (Å²) < 4.78 is 2.04. The summed E-state index contributed by atoms with van der Waals surface area (Å²) in [6.07, 6.45) is 5.18. The predicted molar refractivity (Wildman–Crippen MR) is 60.2 cm³/mol. The smallest absolute Gasteiger partial charge is 0.127 e. The summed E-state index contributed by atoms with van der Waals surface area (Å²) in [6.45, 7) is 8.58. The second-order valence-corrected chi connectivity index (χ2v) is 4.72. The lowest BCUT2D eigenvalue weighted by Crippen LogP contribution is -2.22. The molecule has 1 aromatic heterocycles. The zero-order chi connectivity index (χ0) is 10.8. The first-order chi connectivity index (χ1) is 6.46. The number of aryl methyl sites for hydroxylation is 1. The number of hydrogen-bond donors (Lipinski definition) is 1. The van der Waals surface area contributed by atoms with Gasteiger partial charge in [0.25, 0.3) is 0 Å². The van der Waals surface area contributed by atoms with Gasteiger partial charge in [-0.15, -0.1) is 0 Å². The SMILES string of the molecule is CCCCc1ncn(C(C)(C)C)c1N. The van der Waals surface area contributed by atoms with Crippen molar-refractivity contribution in [3.05, 3.63) is 12.0 Å². The third kappa shape index (κ3) is 2.28. The van der Waals surface area contributed by atoms with E-state index in [0.717, 1.165) is 24.4 Å². The van der Waals surface area contributed by atoms with Gasteiger partial charge in [-0.05, 0) is 33.6 Å². The predicted octanol–water partition coefficient (Wildman–Crippen LogP) is 2.56. The maximum atomic E-state index is 6.03. The topological polar surface area (TPSA) is 43.8 Å². The Labute approximate surface area is 86.3 Å². The summed E-state index contributed by atoms with van der Waals surface area (Å²) in [5.41, 5.74) is 7.10. The first-order valence-electron chi connectivity index (χ1n) is 5.29. The molecule has 2 N–H and O–H groups in total. The Balaban J connectivity index is 2.86. The molecule has 1 heterocycles. The number of nitrogen functional groups attached to an aromatic ring is 1. The number of imidazole rings is 1. The van der Waals surface area contributed by atoms with E-state index in [1.165, 1.54) is 6.42 Å². The van der Waals surface area contributed by atoms with Crippen molar-refractivity contribution in [2.75, 3.05) is 5.73 Å². The van der Waals surface area contributed by atoms with E-state index in [4.69, 9.17) is 5.73 Å². The van der Waals surface area contributed by atoms with Gasteiger partial charge in [0.05, 0.1) is 12.0 Å². The van der Waals surface area contributed by atoms with E-state index in [-0.39, 0.29) is 5.54 Å². The van der Waals surface area contributed by atoms with Gasteiger partial charge in [-0.2, -0.15) is 0 Å². The summed E-state index contributed by atoms with van der Waals surface area (Å²) in [7, 11) is 0. The molecule has 0 saturated carbocycles. The van der Waals surface area contributed by atoms with Crippen molar-refractivity contribution in [1.29, 1.82) is 0 Å². The number of nitrogens with two attached hydrogens (primary N) is 1. The molecular weight excluding hydrogens is 174 g/mol. The van der Waals surface area contributed by atoms with Crippen LogP contribution >= 0.6 is 0 Å². The Hall–Kier alpha value is -0.990. The van der Waals surface area contributed by atoms with Gasteiger partial charge in [0.2, 0.25) is 0 Å². The first kappa shape index (κ1) is 11.1. The fraction of sp³-hybridized carbons (Fsp3) is 0.727. The molecule has 14 heavy (non-hydrogen) atoms. The molecule has 3 heteroatoms. The van der Waals surface area contributed by atoms with Crippen LogP contribution in [-0.2, 0) is 12.0 Å². The van der Waals surface area contributed by atoms with E-state index in [0.29, 0.717) is 0 Å². The Bertz CT molecular complexity index is 294. The first-order valence-corrected chi connectivity index (χ1v) is 5.29. The fourth-order valence-corrected chi connectivity index (χ4v) is 1.47. The largest absolute Gasteiger partial charge is 0.384 e. The van der Waals surface area contributed by atoms with Crippen LogP contribution < -0.4 is 5.73 Å². The van der Waals surface area contributed by atoms with E-state index in [2.05, 4.69) is 32.7 Å². The molecule has 0 aliphatic carbocycles.